The van der Waals surface area contributed by atoms with Crippen LogP contribution in [0.15, 0.2) is 0 Å². The van der Waals surface area contributed by atoms with Gasteiger partial charge < -0.3 is 15.4 Å². The van der Waals surface area contributed by atoms with Crippen LogP contribution in [0.5, 0.6) is 0 Å². The molecular weight excluding hydrogens is 240 g/mol. The van der Waals surface area contributed by atoms with Crippen LogP contribution in [0.3, 0.4) is 0 Å². The lowest BCUT2D eigenvalue weighted by atomic mass is 10.3. The SMILES string of the molecule is CCCNCCOCCNCCC(N1CC1)N1CC1. The number of ether oxygens (including phenoxy) is 1. The van der Waals surface area contributed by atoms with Crippen molar-refractivity contribution in [3.63, 3.8) is 0 Å². The van der Waals surface area contributed by atoms with Gasteiger partial charge in [0.05, 0.1) is 19.4 Å². The lowest BCUT2D eigenvalue weighted by Crippen LogP contribution is -2.33. The van der Waals surface area contributed by atoms with E-state index in [9.17, 15) is 0 Å². The standard InChI is InChI=1S/C14H30N4O/c1-2-4-15-6-12-19-13-7-16-5-3-14(17-8-9-17)18-10-11-18/h14-16H,2-13H2,1H3. The average Bonchev–Trinajstić information content (AvgIpc) is 3.28. The van der Waals surface area contributed by atoms with E-state index in [1.807, 2.05) is 0 Å². The smallest absolute Gasteiger partial charge is 0.0636 e. The molecule has 0 atom stereocenters. The first-order chi connectivity index (χ1) is 9.42. The maximum atomic E-state index is 5.56. The molecule has 0 spiro atoms. The molecule has 5 nitrogen and oxygen atoms in total. The molecule has 2 heterocycles. The largest absolute Gasteiger partial charge is 0.379 e. The van der Waals surface area contributed by atoms with E-state index in [-0.39, 0.29) is 0 Å². The van der Waals surface area contributed by atoms with Gasteiger partial charge >= 0.3 is 0 Å². The van der Waals surface area contributed by atoms with Gasteiger partial charge in [-0.15, -0.1) is 0 Å². The molecule has 2 saturated heterocycles. The molecule has 0 amide bonds. The van der Waals surface area contributed by atoms with E-state index in [0.29, 0.717) is 6.17 Å². The van der Waals surface area contributed by atoms with Crippen LogP contribution in [0.4, 0.5) is 0 Å². The molecule has 19 heavy (non-hydrogen) atoms. The molecule has 2 fully saturated rings. The molecule has 0 unspecified atom stereocenters. The highest BCUT2D eigenvalue weighted by Gasteiger charge is 2.36. The molecule has 2 aliphatic rings. The zero-order valence-electron chi connectivity index (χ0n) is 12.4. The maximum absolute atomic E-state index is 5.56. The normalized spacial score (nSPS) is 19.3. The Labute approximate surface area is 117 Å². The molecule has 0 aliphatic carbocycles. The number of nitrogens with one attached hydrogen (secondary N) is 2. The van der Waals surface area contributed by atoms with Gasteiger partial charge in [0.25, 0.3) is 0 Å². The Kier molecular flexibility index (Phi) is 7.09. The van der Waals surface area contributed by atoms with Gasteiger partial charge in [-0.2, -0.15) is 0 Å². The van der Waals surface area contributed by atoms with E-state index in [0.717, 1.165) is 39.4 Å². The van der Waals surface area contributed by atoms with E-state index < -0.39 is 0 Å². The Morgan fingerprint density at radius 1 is 0.895 bits per heavy atom. The van der Waals surface area contributed by atoms with Crippen LogP contribution in [0.25, 0.3) is 0 Å². The number of hydrogen-bond acceptors (Lipinski definition) is 5. The van der Waals surface area contributed by atoms with Crippen LogP contribution in [0.1, 0.15) is 19.8 Å². The Balaban J connectivity index is 1.34. The summed E-state index contributed by atoms with van der Waals surface area (Å²) in [4.78, 5) is 5.12. The zero-order valence-corrected chi connectivity index (χ0v) is 12.4. The maximum Gasteiger partial charge on any atom is 0.0636 e. The van der Waals surface area contributed by atoms with Crippen molar-refractivity contribution in [1.29, 1.82) is 0 Å². The topological polar surface area (TPSA) is 39.3 Å². The summed E-state index contributed by atoms with van der Waals surface area (Å²) in [6, 6.07) is 0. The van der Waals surface area contributed by atoms with Crippen molar-refractivity contribution in [2.24, 2.45) is 0 Å². The third-order valence-electron chi connectivity index (χ3n) is 3.66. The summed E-state index contributed by atoms with van der Waals surface area (Å²) >= 11 is 0. The Bertz CT molecular complexity index is 219. The lowest BCUT2D eigenvalue weighted by molar-refractivity contribution is 0.136. The Morgan fingerprint density at radius 2 is 1.47 bits per heavy atom. The second-order valence-corrected chi connectivity index (χ2v) is 5.45. The molecule has 112 valence electrons. The fraction of sp³-hybridized carbons (Fsp3) is 1.00. The van der Waals surface area contributed by atoms with Crippen LogP contribution in [-0.4, -0.2) is 81.5 Å². The second-order valence-electron chi connectivity index (χ2n) is 5.45. The van der Waals surface area contributed by atoms with Crippen molar-refractivity contribution >= 4 is 0 Å². The highest BCUT2D eigenvalue weighted by Crippen LogP contribution is 2.22. The highest BCUT2D eigenvalue weighted by molar-refractivity contribution is 4.89. The van der Waals surface area contributed by atoms with Crippen LogP contribution in [0.2, 0.25) is 0 Å². The molecule has 5 heteroatoms. The summed E-state index contributed by atoms with van der Waals surface area (Å²) in [5, 5.41) is 6.82. The van der Waals surface area contributed by atoms with Gasteiger partial charge in [0.15, 0.2) is 0 Å². The van der Waals surface area contributed by atoms with Crippen molar-refractivity contribution in [2.45, 2.75) is 25.9 Å². The van der Waals surface area contributed by atoms with Crippen molar-refractivity contribution in [1.82, 2.24) is 20.4 Å². The Morgan fingerprint density at radius 3 is 2.00 bits per heavy atom. The minimum absolute atomic E-state index is 0.715. The minimum Gasteiger partial charge on any atom is -0.379 e. The molecule has 0 aromatic carbocycles. The Hall–Kier alpha value is -0.200. The number of hydrogen-bond donors (Lipinski definition) is 2. The zero-order chi connectivity index (χ0) is 13.3. The molecule has 0 aromatic rings. The van der Waals surface area contributed by atoms with Crippen molar-refractivity contribution < 1.29 is 4.74 Å². The predicted molar refractivity (Wildman–Crippen MR) is 78.4 cm³/mol. The van der Waals surface area contributed by atoms with Crippen LogP contribution in [-0.2, 0) is 4.74 Å². The molecule has 2 rings (SSSR count). The fourth-order valence-electron chi connectivity index (χ4n) is 2.36. The van der Waals surface area contributed by atoms with Crippen LogP contribution >= 0.6 is 0 Å². The van der Waals surface area contributed by atoms with Gasteiger partial charge in [0, 0.05) is 39.3 Å². The lowest BCUT2D eigenvalue weighted by Gasteiger charge is -2.19. The number of nitrogens with zero attached hydrogens (tertiary/aromatic N) is 2. The predicted octanol–water partition coefficient (Wildman–Crippen LogP) is -0.0604. The summed E-state index contributed by atoms with van der Waals surface area (Å²) in [6.45, 7) is 13.2. The van der Waals surface area contributed by atoms with E-state index in [1.54, 1.807) is 0 Å². The summed E-state index contributed by atoms with van der Waals surface area (Å²) in [5.41, 5.74) is 0. The summed E-state index contributed by atoms with van der Waals surface area (Å²) in [6.07, 6.45) is 3.15. The molecule has 0 saturated carbocycles. The van der Waals surface area contributed by atoms with E-state index in [1.165, 1.54) is 39.0 Å². The fourth-order valence-corrected chi connectivity index (χ4v) is 2.36. The second kappa shape index (κ2) is 8.87. The van der Waals surface area contributed by atoms with Gasteiger partial charge in [0.1, 0.15) is 0 Å². The van der Waals surface area contributed by atoms with Gasteiger partial charge in [-0.3, -0.25) is 9.80 Å². The minimum atomic E-state index is 0.715. The molecular formula is C14H30N4O. The first-order valence-electron chi connectivity index (χ1n) is 7.89. The third-order valence-corrected chi connectivity index (χ3v) is 3.66. The molecule has 2 N–H and O–H groups in total. The van der Waals surface area contributed by atoms with Crippen molar-refractivity contribution in [3.8, 4) is 0 Å². The van der Waals surface area contributed by atoms with E-state index in [4.69, 9.17) is 4.74 Å². The van der Waals surface area contributed by atoms with Gasteiger partial charge in [-0.25, -0.2) is 0 Å². The first-order valence-corrected chi connectivity index (χ1v) is 7.89. The molecule has 0 radical (unpaired) electrons. The van der Waals surface area contributed by atoms with Crippen molar-refractivity contribution in [2.75, 3.05) is 65.6 Å². The monoisotopic (exact) mass is 270 g/mol. The van der Waals surface area contributed by atoms with Gasteiger partial charge in [-0.05, 0) is 25.9 Å². The molecule has 0 aromatic heterocycles. The highest BCUT2D eigenvalue weighted by atomic mass is 16.5. The van der Waals surface area contributed by atoms with Gasteiger partial charge in [-0.1, -0.05) is 6.92 Å². The van der Waals surface area contributed by atoms with Crippen LogP contribution < -0.4 is 10.6 Å². The summed E-state index contributed by atoms with van der Waals surface area (Å²) in [5.74, 6) is 0. The third kappa shape index (κ3) is 6.68. The average molecular weight is 270 g/mol. The molecule has 0 bridgehead atoms. The molecule has 2 aliphatic heterocycles. The van der Waals surface area contributed by atoms with Crippen LogP contribution in [0, 0.1) is 0 Å². The summed E-state index contributed by atoms with van der Waals surface area (Å²) in [7, 11) is 0. The summed E-state index contributed by atoms with van der Waals surface area (Å²) < 4.78 is 5.56. The van der Waals surface area contributed by atoms with E-state index in [2.05, 4.69) is 27.4 Å². The van der Waals surface area contributed by atoms with Gasteiger partial charge in [0.2, 0.25) is 0 Å². The quantitative estimate of drug-likeness (QED) is 0.362. The van der Waals surface area contributed by atoms with Crippen molar-refractivity contribution in [3.05, 3.63) is 0 Å². The van der Waals surface area contributed by atoms with E-state index >= 15 is 0 Å². The first kappa shape index (κ1) is 15.2. The number of rotatable bonds is 13.